The van der Waals surface area contributed by atoms with E-state index in [1.165, 1.54) is 19.3 Å². The summed E-state index contributed by atoms with van der Waals surface area (Å²) in [5, 5.41) is 11.1. The van der Waals surface area contributed by atoms with Crippen LogP contribution in [0.3, 0.4) is 0 Å². The van der Waals surface area contributed by atoms with E-state index in [0.29, 0.717) is 23.1 Å². The average molecular weight is 475 g/mol. The number of nitrogens with zero attached hydrogens (tertiary/aromatic N) is 5. The van der Waals surface area contributed by atoms with E-state index in [0.717, 1.165) is 48.2 Å². The smallest absolute Gasteiger partial charge is 0.263 e. The third-order valence-corrected chi connectivity index (χ3v) is 8.21. The van der Waals surface area contributed by atoms with E-state index in [-0.39, 0.29) is 18.0 Å². The molecule has 3 aliphatic rings. The van der Waals surface area contributed by atoms with Gasteiger partial charge in [-0.3, -0.25) is 4.79 Å². The first-order valence-corrected chi connectivity index (χ1v) is 12.8. The molecule has 1 unspecified atom stereocenters. The van der Waals surface area contributed by atoms with Crippen molar-refractivity contribution in [3.8, 4) is 11.3 Å². The van der Waals surface area contributed by atoms with Crippen molar-refractivity contribution in [1.82, 2.24) is 19.4 Å². The van der Waals surface area contributed by atoms with Crippen LogP contribution in [-0.4, -0.2) is 55.6 Å². The van der Waals surface area contributed by atoms with Gasteiger partial charge in [0.25, 0.3) is 5.91 Å². The molecule has 1 saturated carbocycles. The number of amides is 1. The minimum atomic E-state index is -1.52. The molecule has 0 spiro atoms. The lowest BCUT2D eigenvalue weighted by molar-refractivity contribution is -0.135. The Hall–Kier alpha value is -2.97. The van der Waals surface area contributed by atoms with E-state index in [2.05, 4.69) is 28.7 Å². The molecule has 2 fully saturated rings. The predicted octanol–water partition coefficient (Wildman–Crippen LogP) is 3.83. The van der Waals surface area contributed by atoms with Crippen molar-refractivity contribution in [3.63, 3.8) is 0 Å². The molecule has 2 aromatic heterocycles. The van der Waals surface area contributed by atoms with Crippen LogP contribution in [0.5, 0.6) is 0 Å². The van der Waals surface area contributed by atoms with E-state index in [9.17, 15) is 9.90 Å². The average Bonchev–Trinajstić information content (AvgIpc) is 3.33. The number of fused-ring (bicyclic) bond motifs is 2. The van der Waals surface area contributed by atoms with Crippen molar-refractivity contribution in [1.29, 1.82) is 0 Å². The number of benzene rings is 1. The second kappa shape index (κ2) is 8.03. The maximum atomic E-state index is 13.4. The molecular weight excluding hydrogens is 440 g/mol. The van der Waals surface area contributed by atoms with Crippen molar-refractivity contribution in [3.05, 3.63) is 36.2 Å². The van der Waals surface area contributed by atoms with E-state index >= 15 is 0 Å². The van der Waals surface area contributed by atoms with E-state index < -0.39 is 5.60 Å². The Bertz CT molecular complexity index is 1300. The minimum Gasteiger partial charge on any atom is -0.382 e. The molecule has 1 atom stereocenters. The third-order valence-electron chi connectivity index (χ3n) is 8.21. The maximum absolute atomic E-state index is 13.4. The van der Waals surface area contributed by atoms with Gasteiger partial charge in [0.1, 0.15) is 11.3 Å². The normalized spacial score (nSPS) is 27.0. The minimum absolute atomic E-state index is 0.111. The van der Waals surface area contributed by atoms with Crippen molar-refractivity contribution < 1.29 is 9.90 Å². The van der Waals surface area contributed by atoms with E-state index in [1.807, 2.05) is 33.7 Å². The Morgan fingerprint density at radius 2 is 1.86 bits per heavy atom. The van der Waals surface area contributed by atoms with Gasteiger partial charge in [0.05, 0.1) is 23.2 Å². The fourth-order valence-electron chi connectivity index (χ4n) is 6.10. The number of likely N-dealkylation sites (tertiary alicyclic amines) is 1. The van der Waals surface area contributed by atoms with Crippen LogP contribution < -0.4 is 10.6 Å². The van der Waals surface area contributed by atoms with E-state index in [1.54, 1.807) is 13.3 Å². The lowest BCUT2D eigenvalue weighted by atomic mass is 9.83. The van der Waals surface area contributed by atoms with Gasteiger partial charge in [0.2, 0.25) is 0 Å². The Labute approximate surface area is 205 Å². The Morgan fingerprint density at radius 3 is 2.57 bits per heavy atom. The highest BCUT2D eigenvalue weighted by Gasteiger charge is 2.51. The molecule has 1 saturated heterocycles. The number of nitrogens with two attached hydrogens (primary N) is 1. The van der Waals surface area contributed by atoms with Crippen molar-refractivity contribution in [2.75, 3.05) is 23.7 Å². The molecule has 6 rings (SSSR count). The molecule has 0 radical (unpaired) electrons. The number of rotatable bonds is 4. The molecule has 8 heteroatoms. The SMILES string of the molecule is CC(C)n1cnc2cc(-c3ccc4c(c3)N(C3CC(N5CCCCC5)C3)C(=O)C4(C)O)nc(N)c21. The first kappa shape index (κ1) is 22.5. The molecule has 184 valence electrons. The standard InChI is InChI=1S/C27H34N6O2/c1-16(2)32-15-29-22-14-21(30-25(28)24(22)32)17-7-8-20-23(11-17)33(26(34)27(20,3)35)19-12-18(13-19)31-9-5-4-6-10-31/h7-8,11,14-16,18-19,35H,4-6,9-10,12-13H2,1-3H3,(H2,28,30). The van der Waals surface area contributed by atoms with Gasteiger partial charge in [-0.2, -0.15) is 0 Å². The number of hydrogen-bond donors (Lipinski definition) is 2. The summed E-state index contributed by atoms with van der Waals surface area (Å²) >= 11 is 0. The summed E-state index contributed by atoms with van der Waals surface area (Å²) in [4.78, 5) is 27.0. The first-order valence-electron chi connectivity index (χ1n) is 12.8. The van der Waals surface area contributed by atoms with Crippen LogP contribution in [0.4, 0.5) is 11.5 Å². The van der Waals surface area contributed by atoms with Crippen LogP contribution in [0.1, 0.15) is 64.5 Å². The summed E-state index contributed by atoms with van der Waals surface area (Å²) in [6.07, 6.45) is 7.55. The lowest BCUT2D eigenvalue weighted by Gasteiger charge is -2.47. The molecule has 3 N–H and O–H groups in total. The largest absolute Gasteiger partial charge is 0.382 e. The second-order valence-electron chi connectivity index (χ2n) is 10.9. The highest BCUT2D eigenvalue weighted by molar-refractivity contribution is 6.07. The van der Waals surface area contributed by atoms with Gasteiger partial charge in [-0.1, -0.05) is 18.6 Å². The number of piperidine rings is 1. The fraction of sp³-hybridized carbons (Fsp3) is 0.519. The number of aliphatic hydroxyl groups is 1. The number of anilines is 2. The number of imidazole rings is 1. The molecular formula is C27H34N6O2. The van der Waals surface area contributed by atoms with E-state index in [4.69, 9.17) is 5.73 Å². The molecule has 1 amide bonds. The van der Waals surface area contributed by atoms with Crippen LogP contribution in [0.2, 0.25) is 0 Å². The van der Waals surface area contributed by atoms with Gasteiger partial charge in [0, 0.05) is 29.3 Å². The number of carbonyl (C=O) groups is 1. The van der Waals surface area contributed by atoms with Gasteiger partial charge in [0.15, 0.2) is 5.60 Å². The van der Waals surface area contributed by atoms with Gasteiger partial charge >= 0.3 is 0 Å². The van der Waals surface area contributed by atoms with Gasteiger partial charge in [-0.05, 0) is 71.7 Å². The predicted molar refractivity (Wildman–Crippen MR) is 137 cm³/mol. The van der Waals surface area contributed by atoms with Gasteiger partial charge in [-0.25, -0.2) is 9.97 Å². The number of aromatic nitrogens is 3. The topological polar surface area (TPSA) is 101 Å². The van der Waals surface area contributed by atoms with Crippen LogP contribution in [-0.2, 0) is 10.4 Å². The summed E-state index contributed by atoms with van der Waals surface area (Å²) in [7, 11) is 0. The number of pyridine rings is 1. The summed E-state index contributed by atoms with van der Waals surface area (Å²) < 4.78 is 2.02. The van der Waals surface area contributed by atoms with Gasteiger partial charge in [-0.15, -0.1) is 0 Å². The molecule has 1 aromatic carbocycles. The highest BCUT2D eigenvalue weighted by atomic mass is 16.3. The third kappa shape index (κ3) is 3.45. The summed E-state index contributed by atoms with van der Waals surface area (Å²) in [6, 6.07) is 8.57. The summed E-state index contributed by atoms with van der Waals surface area (Å²) in [5.41, 5.74) is 9.50. The molecule has 4 heterocycles. The molecule has 2 aliphatic heterocycles. The highest BCUT2D eigenvalue weighted by Crippen LogP contribution is 2.47. The molecule has 8 nitrogen and oxygen atoms in total. The van der Waals surface area contributed by atoms with Crippen LogP contribution in [0, 0.1) is 0 Å². The molecule has 1 aliphatic carbocycles. The first-order chi connectivity index (χ1) is 16.8. The van der Waals surface area contributed by atoms with Crippen molar-refractivity contribution in [2.24, 2.45) is 0 Å². The summed E-state index contributed by atoms with van der Waals surface area (Å²) in [5.74, 6) is 0.206. The number of carbonyl (C=O) groups excluding carboxylic acids is 1. The second-order valence-corrected chi connectivity index (χ2v) is 10.9. The Balaban J connectivity index is 1.34. The van der Waals surface area contributed by atoms with Crippen LogP contribution in [0.15, 0.2) is 30.6 Å². The monoisotopic (exact) mass is 474 g/mol. The van der Waals surface area contributed by atoms with Crippen molar-refractivity contribution >= 4 is 28.4 Å². The maximum Gasteiger partial charge on any atom is 0.263 e. The Morgan fingerprint density at radius 1 is 1.11 bits per heavy atom. The zero-order valence-electron chi connectivity index (χ0n) is 20.7. The Kier molecular flexibility index (Phi) is 5.16. The number of nitrogen functional groups attached to an aromatic ring is 1. The van der Waals surface area contributed by atoms with Crippen LogP contribution in [0.25, 0.3) is 22.3 Å². The fourth-order valence-corrected chi connectivity index (χ4v) is 6.10. The molecule has 0 bridgehead atoms. The van der Waals surface area contributed by atoms with Crippen molar-refractivity contribution in [2.45, 2.75) is 76.6 Å². The lowest BCUT2D eigenvalue weighted by Crippen LogP contribution is -2.57. The zero-order chi connectivity index (χ0) is 24.5. The molecule has 3 aromatic rings. The zero-order valence-corrected chi connectivity index (χ0v) is 20.7. The summed E-state index contributed by atoms with van der Waals surface area (Å²) in [6.45, 7) is 8.10. The number of hydrogen-bond acceptors (Lipinski definition) is 6. The quantitative estimate of drug-likeness (QED) is 0.596. The van der Waals surface area contributed by atoms with Crippen LogP contribution >= 0.6 is 0 Å². The molecule has 35 heavy (non-hydrogen) atoms. The van der Waals surface area contributed by atoms with Gasteiger partial charge < -0.3 is 25.2 Å².